The first-order chi connectivity index (χ1) is 25.1. The van der Waals surface area contributed by atoms with Gasteiger partial charge in [-0.15, -0.1) is 0 Å². The van der Waals surface area contributed by atoms with E-state index in [4.69, 9.17) is 13.0 Å². The first kappa shape index (κ1) is 16.1. The van der Waals surface area contributed by atoms with Crippen molar-refractivity contribution in [1.82, 2.24) is 0 Å². The molecule has 0 atom stereocenters. The van der Waals surface area contributed by atoms with Crippen LogP contribution in [0.3, 0.4) is 0 Å². The van der Waals surface area contributed by atoms with Gasteiger partial charge in [-0.05, 0) is 95.1 Å². The molecule has 8 aromatic carbocycles. The number of ether oxygens (including phenoxy) is 1. The van der Waals surface area contributed by atoms with Crippen molar-refractivity contribution in [2.45, 2.75) is 0 Å². The number of hydrogen-bond donors (Lipinski definition) is 0. The molecule has 0 saturated carbocycles. The van der Waals surface area contributed by atoms with Crippen molar-refractivity contribution in [3.8, 4) is 67.1 Å². The smallest absolute Gasteiger partial charge is 0.135 e. The van der Waals surface area contributed by atoms with E-state index >= 15 is 0 Å². The van der Waals surface area contributed by atoms with Gasteiger partial charge in [-0.2, -0.15) is 0 Å². The average molecular weight is 554 g/mol. The molecule has 0 radical (unpaired) electrons. The van der Waals surface area contributed by atoms with E-state index in [-0.39, 0.29) is 57.1 Å². The van der Waals surface area contributed by atoms with E-state index in [0.29, 0.717) is 5.56 Å². The Morgan fingerprint density at radius 3 is 1.91 bits per heavy atom. The number of rotatable bonds is 2. The molecule has 43 heavy (non-hydrogen) atoms. The number of benzene rings is 8. The molecule has 0 spiro atoms. The van der Waals surface area contributed by atoms with Crippen LogP contribution in [-0.2, 0) is 0 Å². The SMILES string of the molecule is [2H]c1c([2H])c([2H])c2c(c1[2H])Oc1c([2H])c([2H])c(-c3c4c(c(-c5ccccc5)c5ccccc35)-c3cccc5cccc-4c35)c3c([2H])c([2H])c([2H])c-2c13. The molecule has 198 valence electrons. The lowest BCUT2D eigenvalue weighted by Crippen LogP contribution is -1.99. The van der Waals surface area contributed by atoms with Gasteiger partial charge in [-0.25, -0.2) is 0 Å². The van der Waals surface area contributed by atoms with Crippen LogP contribution in [0.4, 0.5) is 0 Å². The third kappa shape index (κ3) is 3.01. The Labute approximate surface area is 261 Å². The first-order valence-corrected chi connectivity index (χ1v) is 14.1. The van der Waals surface area contributed by atoms with Crippen molar-refractivity contribution in [3.63, 3.8) is 0 Å². The molecule has 0 amide bonds. The minimum Gasteiger partial charge on any atom is -0.456 e. The van der Waals surface area contributed by atoms with Gasteiger partial charge in [-0.3, -0.25) is 0 Å². The van der Waals surface area contributed by atoms with E-state index in [1.54, 1.807) is 0 Å². The van der Waals surface area contributed by atoms with Gasteiger partial charge in [0, 0.05) is 10.9 Å². The highest BCUT2D eigenvalue weighted by Gasteiger charge is 2.31. The van der Waals surface area contributed by atoms with Crippen LogP contribution in [0, 0.1) is 0 Å². The molecule has 0 aromatic heterocycles. The molecule has 2 aliphatic rings. The van der Waals surface area contributed by atoms with Crippen LogP contribution in [0.15, 0.2) is 145 Å². The second kappa shape index (κ2) is 8.44. The summed E-state index contributed by atoms with van der Waals surface area (Å²) in [5.41, 5.74) is 6.46. The van der Waals surface area contributed by atoms with Crippen molar-refractivity contribution in [1.29, 1.82) is 0 Å². The Morgan fingerprint density at radius 1 is 0.395 bits per heavy atom. The molecule has 8 aromatic rings. The Morgan fingerprint density at radius 2 is 1.09 bits per heavy atom. The van der Waals surface area contributed by atoms with E-state index in [2.05, 4.69) is 36.4 Å². The second-order valence-corrected chi connectivity index (χ2v) is 10.9. The summed E-state index contributed by atoms with van der Waals surface area (Å²) in [5, 5.41) is 3.98. The first-order valence-electron chi connectivity index (χ1n) is 18.6. The molecule has 0 saturated heterocycles. The van der Waals surface area contributed by atoms with Gasteiger partial charge in [0.05, 0.1) is 12.3 Å². The normalized spacial score (nSPS) is 15.3. The fourth-order valence-electron chi connectivity index (χ4n) is 7.07. The minimum atomic E-state index is -0.540. The molecule has 1 heterocycles. The molecule has 1 nitrogen and oxygen atoms in total. The van der Waals surface area contributed by atoms with Crippen LogP contribution in [0.25, 0.3) is 88.0 Å². The third-order valence-corrected chi connectivity index (χ3v) is 8.73. The standard InChI is InChI=1S/C42H24O/c1-2-11-26(12-3-1)38-29-16-4-5-17-31(29)40(42-34-21-9-14-25-13-8-20-33(37(25)34)41(38)42)32-23-24-36-39-28(18-10-19-30(32)39)27-15-6-7-22-35(27)43-36/h1-24H/i6D,7D,10D,15D,18D,19D,22D,23D,24D. The second-order valence-electron chi connectivity index (χ2n) is 10.9. The molecule has 10 rings (SSSR count). The van der Waals surface area contributed by atoms with Crippen molar-refractivity contribution < 1.29 is 17.1 Å². The van der Waals surface area contributed by atoms with Crippen LogP contribution in [-0.4, -0.2) is 0 Å². The molecule has 1 heteroatoms. The third-order valence-electron chi connectivity index (χ3n) is 8.73. The lowest BCUT2D eigenvalue weighted by atomic mass is 9.81. The van der Waals surface area contributed by atoms with E-state index in [0.717, 1.165) is 54.9 Å². The Bertz CT molecular complexity index is 2970. The Hall–Kier alpha value is -5.66. The number of para-hydroxylation sites is 1. The zero-order valence-electron chi connectivity index (χ0n) is 31.6. The fraction of sp³-hybridized carbons (Fsp3) is 0. The fourth-order valence-corrected chi connectivity index (χ4v) is 7.07. The van der Waals surface area contributed by atoms with Crippen LogP contribution in [0.5, 0.6) is 11.5 Å². The van der Waals surface area contributed by atoms with Gasteiger partial charge in [0.15, 0.2) is 0 Å². The number of fused-ring (bicyclic) bond motifs is 6. The summed E-state index contributed by atoms with van der Waals surface area (Å²) in [7, 11) is 0. The van der Waals surface area contributed by atoms with Gasteiger partial charge < -0.3 is 4.74 Å². The summed E-state index contributed by atoms with van der Waals surface area (Å²) in [6.45, 7) is 0. The Balaban J connectivity index is 1.48. The summed E-state index contributed by atoms with van der Waals surface area (Å²) in [5.74, 6) is -0.447. The van der Waals surface area contributed by atoms with Crippen molar-refractivity contribution in [3.05, 3.63) is 145 Å². The van der Waals surface area contributed by atoms with Crippen molar-refractivity contribution in [2.24, 2.45) is 0 Å². The van der Waals surface area contributed by atoms with E-state index in [1.807, 2.05) is 54.6 Å². The molecule has 0 fully saturated rings. The van der Waals surface area contributed by atoms with Crippen molar-refractivity contribution >= 4 is 32.3 Å². The largest absolute Gasteiger partial charge is 0.456 e. The molecule has 1 aliphatic carbocycles. The van der Waals surface area contributed by atoms with Gasteiger partial charge in [0.1, 0.15) is 11.5 Å². The van der Waals surface area contributed by atoms with Crippen LogP contribution < -0.4 is 4.74 Å². The lowest BCUT2D eigenvalue weighted by Gasteiger charge is -2.24. The highest BCUT2D eigenvalue weighted by molar-refractivity contribution is 6.29. The quantitative estimate of drug-likeness (QED) is 0.207. The van der Waals surface area contributed by atoms with Gasteiger partial charge >= 0.3 is 0 Å². The van der Waals surface area contributed by atoms with E-state index in [1.165, 1.54) is 0 Å². The van der Waals surface area contributed by atoms with E-state index in [9.17, 15) is 4.11 Å². The maximum absolute atomic E-state index is 9.68. The predicted molar refractivity (Wildman–Crippen MR) is 180 cm³/mol. The monoisotopic (exact) mass is 553 g/mol. The average Bonchev–Trinajstić information content (AvgIpc) is 3.50. The predicted octanol–water partition coefficient (Wildman–Crippen LogP) is 11.9. The Kier molecular flexibility index (Phi) is 3.16. The summed E-state index contributed by atoms with van der Waals surface area (Å²) in [6.07, 6.45) is 0. The van der Waals surface area contributed by atoms with Gasteiger partial charge in [0.25, 0.3) is 0 Å². The molecule has 0 unspecified atom stereocenters. The zero-order chi connectivity index (χ0) is 35.9. The summed E-state index contributed by atoms with van der Waals surface area (Å²) in [4.78, 5) is 0. The molecule has 0 bridgehead atoms. The topological polar surface area (TPSA) is 9.23 Å². The molecular weight excluding hydrogens is 520 g/mol. The minimum absolute atomic E-state index is 0.0127. The highest BCUT2D eigenvalue weighted by atomic mass is 16.5. The summed E-state index contributed by atoms with van der Waals surface area (Å²) in [6, 6.07) is 26.5. The van der Waals surface area contributed by atoms with Crippen LogP contribution in [0.1, 0.15) is 12.3 Å². The van der Waals surface area contributed by atoms with Crippen molar-refractivity contribution in [2.75, 3.05) is 0 Å². The number of hydrogen-bond acceptors (Lipinski definition) is 1. The zero-order valence-corrected chi connectivity index (χ0v) is 22.6. The van der Waals surface area contributed by atoms with Gasteiger partial charge in [0.2, 0.25) is 0 Å². The van der Waals surface area contributed by atoms with Gasteiger partial charge in [-0.1, -0.05) is 127 Å². The van der Waals surface area contributed by atoms with Crippen LogP contribution >= 0.6 is 0 Å². The summed E-state index contributed by atoms with van der Waals surface area (Å²) < 4.78 is 87.0. The maximum Gasteiger partial charge on any atom is 0.135 e. The molecule has 1 aliphatic heterocycles. The highest BCUT2D eigenvalue weighted by Crippen LogP contribution is 2.59. The maximum atomic E-state index is 9.68. The lowest BCUT2D eigenvalue weighted by molar-refractivity contribution is 0.487. The van der Waals surface area contributed by atoms with Crippen LogP contribution in [0.2, 0.25) is 0 Å². The summed E-state index contributed by atoms with van der Waals surface area (Å²) >= 11 is 0. The van der Waals surface area contributed by atoms with E-state index < -0.39 is 36.3 Å². The molecular formula is C42H24O. The molecule has 0 N–H and O–H groups in total.